The highest BCUT2D eigenvalue weighted by Gasteiger charge is 2.24. The van der Waals surface area contributed by atoms with E-state index in [0.717, 1.165) is 19.3 Å². The van der Waals surface area contributed by atoms with Crippen molar-refractivity contribution in [2.24, 2.45) is 0 Å². The SMILES string of the molecule is O[C@H]1CCc2ccccc2[C@H](c2ccccc2)C1. The van der Waals surface area contributed by atoms with Crippen LogP contribution in [-0.4, -0.2) is 11.2 Å². The number of rotatable bonds is 1. The van der Waals surface area contributed by atoms with Crippen LogP contribution >= 0.6 is 0 Å². The van der Waals surface area contributed by atoms with Crippen molar-refractivity contribution in [3.8, 4) is 0 Å². The van der Waals surface area contributed by atoms with Gasteiger partial charge in [0.15, 0.2) is 0 Å². The van der Waals surface area contributed by atoms with E-state index in [2.05, 4.69) is 48.5 Å². The van der Waals surface area contributed by atoms with Gasteiger partial charge in [0, 0.05) is 5.92 Å². The van der Waals surface area contributed by atoms with E-state index in [1.54, 1.807) is 0 Å². The topological polar surface area (TPSA) is 20.2 Å². The van der Waals surface area contributed by atoms with E-state index >= 15 is 0 Å². The van der Waals surface area contributed by atoms with E-state index in [0.29, 0.717) is 5.92 Å². The number of hydrogen-bond acceptors (Lipinski definition) is 1. The molecule has 1 aliphatic carbocycles. The molecular weight excluding hydrogens is 220 g/mol. The predicted octanol–water partition coefficient (Wildman–Crippen LogP) is 3.52. The molecule has 2 aromatic carbocycles. The standard InChI is InChI=1S/C17H18O/c18-15-11-10-14-8-4-5-9-16(14)17(12-15)13-6-2-1-3-7-13/h1-9,15,17-18H,10-12H2/t15-,17-/m0/s1. The van der Waals surface area contributed by atoms with Crippen LogP contribution in [0.5, 0.6) is 0 Å². The zero-order chi connectivity index (χ0) is 12.4. The second-order valence-electron chi connectivity index (χ2n) is 5.09. The van der Waals surface area contributed by atoms with E-state index in [4.69, 9.17) is 0 Å². The third-order valence-electron chi connectivity index (χ3n) is 3.89. The molecule has 0 spiro atoms. The smallest absolute Gasteiger partial charge is 0.0552 e. The first-order valence-electron chi connectivity index (χ1n) is 6.65. The van der Waals surface area contributed by atoms with Crippen LogP contribution < -0.4 is 0 Å². The van der Waals surface area contributed by atoms with Crippen LogP contribution in [0.25, 0.3) is 0 Å². The second-order valence-corrected chi connectivity index (χ2v) is 5.09. The summed E-state index contributed by atoms with van der Waals surface area (Å²) in [5.74, 6) is 0.333. The minimum absolute atomic E-state index is 0.192. The summed E-state index contributed by atoms with van der Waals surface area (Å²) in [6, 6.07) is 19.1. The highest BCUT2D eigenvalue weighted by molar-refractivity contribution is 5.39. The molecule has 0 saturated carbocycles. The molecule has 18 heavy (non-hydrogen) atoms. The normalized spacial score (nSPS) is 23.2. The number of fused-ring (bicyclic) bond motifs is 1. The predicted molar refractivity (Wildman–Crippen MR) is 73.7 cm³/mol. The zero-order valence-electron chi connectivity index (χ0n) is 10.4. The minimum Gasteiger partial charge on any atom is -0.393 e. The minimum atomic E-state index is -0.192. The van der Waals surface area contributed by atoms with Gasteiger partial charge in [0.1, 0.15) is 0 Å². The molecule has 2 aromatic rings. The maximum absolute atomic E-state index is 10.1. The molecule has 1 nitrogen and oxygen atoms in total. The number of aliphatic hydroxyl groups excluding tert-OH is 1. The van der Waals surface area contributed by atoms with Crippen LogP contribution in [0.2, 0.25) is 0 Å². The molecule has 0 radical (unpaired) electrons. The van der Waals surface area contributed by atoms with E-state index in [1.807, 2.05) is 6.07 Å². The van der Waals surface area contributed by atoms with Gasteiger partial charge in [-0.1, -0.05) is 54.6 Å². The monoisotopic (exact) mass is 238 g/mol. The Morgan fingerprint density at radius 1 is 0.889 bits per heavy atom. The van der Waals surface area contributed by atoms with Gasteiger partial charge in [-0.15, -0.1) is 0 Å². The summed E-state index contributed by atoms with van der Waals surface area (Å²) in [6.45, 7) is 0. The lowest BCUT2D eigenvalue weighted by atomic mass is 9.86. The largest absolute Gasteiger partial charge is 0.393 e. The highest BCUT2D eigenvalue weighted by atomic mass is 16.3. The van der Waals surface area contributed by atoms with Crippen molar-refractivity contribution in [3.63, 3.8) is 0 Å². The maximum atomic E-state index is 10.1. The highest BCUT2D eigenvalue weighted by Crippen LogP contribution is 2.35. The Bertz CT molecular complexity index is 518. The molecule has 2 atom stereocenters. The van der Waals surface area contributed by atoms with Crippen molar-refractivity contribution in [2.45, 2.75) is 31.3 Å². The van der Waals surface area contributed by atoms with Gasteiger partial charge in [0.2, 0.25) is 0 Å². The molecule has 0 heterocycles. The van der Waals surface area contributed by atoms with Gasteiger partial charge < -0.3 is 5.11 Å². The molecule has 0 aromatic heterocycles. The Labute approximate surface area is 108 Å². The summed E-state index contributed by atoms with van der Waals surface area (Å²) in [5, 5.41) is 10.1. The van der Waals surface area contributed by atoms with Gasteiger partial charge in [-0.25, -0.2) is 0 Å². The first-order valence-corrected chi connectivity index (χ1v) is 6.65. The van der Waals surface area contributed by atoms with Crippen molar-refractivity contribution in [1.29, 1.82) is 0 Å². The molecule has 0 amide bonds. The summed E-state index contributed by atoms with van der Waals surface area (Å²) in [6.07, 6.45) is 2.50. The summed E-state index contributed by atoms with van der Waals surface area (Å²) in [5.41, 5.74) is 4.09. The Balaban J connectivity index is 2.07. The molecule has 1 heteroatoms. The molecular formula is C17H18O. The molecule has 3 rings (SSSR count). The second kappa shape index (κ2) is 4.95. The van der Waals surface area contributed by atoms with Gasteiger partial charge in [0.25, 0.3) is 0 Å². The molecule has 1 aliphatic rings. The van der Waals surface area contributed by atoms with Crippen LogP contribution in [0.1, 0.15) is 35.4 Å². The Morgan fingerprint density at radius 2 is 1.61 bits per heavy atom. The van der Waals surface area contributed by atoms with Crippen molar-refractivity contribution in [1.82, 2.24) is 0 Å². The van der Waals surface area contributed by atoms with Crippen LogP contribution in [0, 0.1) is 0 Å². The Hall–Kier alpha value is -1.60. The van der Waals surface area contributed by atoms with Crippen molar-refractivity contribution < 1.29 is 5.11 Å². The molecule has 92 valence electrons. The first kappa shape index (κ1) is 11.5. The Kier molecular flexibility index (Phi) is 3.16. The van der Waals surface area contributed by atoms with E-state index in [1.165, 1.54) is 16.7 Å². The molecule has 0 fully saturated rings. The zero-order valence-corrected chi connectivity index (χ0v) is 10.4. The average Bonchev–Trinajstić information content (AvgIpc) is 2.60. The number of aliphatic hydroxyl groups is 1. The summed E-state index contributed by atoms with van der Waals surface area (Å²) < 4.78 is 0. The third kappa shape index (κ3) is 2.19. The quantitative estimate of drug-likeness (QED) is 0.754. The van der Waals surface area contributed by atoms with Crippen molar-refractivity contribution in [3.05, 3.63) is 71.3 Å². The average molecular weight is 238 g/mol. The van der Waals surface area contributed by atoms with E-state index in [9.17, 15) is 5.11 Å². The van der Waals surface area contributed by atoms with Gasteiger partial charge in [-0.05, 0) is 36.0 Å². The Morgan fingerprint density at radius 3 is 2.44 bits per heavy atom. The number of hydrogen-bond donors (Lipinski definition) is 1. The molecule has 0 unspecified atom stereocenters. The van der Waals surface area contributed by atoms with Gasteiger partial charge in [-0.3, -0.25) is 0 Å². The lowest BCUT2D eigenvalue weighted by molar-refractivity contribution is 0.153. The van der Waals surface area contributed by atoms with Crippen molar-refractivity contribution >= 4 is 0 Å². The number of benzene rings is 2. The lowest BCUT2D eigenvalue weighted by Gasteiger charge is -2.19. The van der Waals surface area contributed by atoms with Gasteiger partial charge in [0.05, 0.1) is 6.10 Å². The molecule has 0 aliphatic heterocycles. The number of aryl methyl sites for hydroxylation is 1. The fourth-order valence-corrected chi connectivity index (χ4v) is 2.94. The van der Waals surface area contributed by atoms with Gasteiger partial charge in [-0.2, -0.15) is 0 Å². The summed E-state index contributed by atoms with van der Waals surface area (Å²) in [7, 11) is 0. The van der Waals surface area contributed by atoms with Crippen molar-refractivity contribution in [2.75, 3.05) is 0 Å². The van der Waals surface area contributed by atoms with Crippen LogP contribution in [-0.2, 0) is 6.42 Å². The fraction of sp³-hybridized carbons (Fsp3) is 0.294. The van der Waals surface area contributed by atoms with E-state index in [-0.39, 0.29) is 6.10 Å². The van der Waals surface area contributed by atoms with Crippen LogP contribution in [0.15, 0.2) is 54.6 Å². The fourth-order valence-electron chi connectivity index (χ4n) is 2.94. The van der Waals surface area contributed by atoms with Gasteiger partial charge >= 0.3 is 0 Å². The summed E-state index contributed by atoms with van der Waals surface area (Å²) in [4.78, 5) is 0. The first-order chi connectivity index (χ1) is 8.84. The van der Waals surface area contributed by atoms with Crippen LogP contribution in [0.4, 0.5) is 0 Å². The van der Waals surface area contributed by atoms with E-state index < -0.39 is 0 Å². The summed E-state index contributed by atoms with van der Waals surface area (Å²) >= 11 is 0. The molecule has 1 N–H and O–H groups in total. The molecule has 0 saturated heterocycles. The maximum Gasteiger partial charge on any atom is 0.0552 e. The molecule has 0 bridgehead atoms. The lowest BCUT2D eigenvalue weighted by Crippen LogP contribution is -2.10. The van der Waals surface area contributed by atoms with Crippen LogP contribution in [0.3, 0.4) is 0 Å². The third-order valence-corrected chi connectivity index (χ3v) is 3.89.